The summed E-state index contributed by atoms with van der Waals surface area (Å²) in [6.07, 6.45) is 0. The Morgan fingerprint density at radius 1 is 0.923 bits per heavy atom. The van der Waals surface area contributed by atoms with E-state index in [2.05, 4.69) is 13.8 Å². The Balaban J connectivity index is -0.000000500. The van der Waals surface area contributed by atoms with Gasteiger partial charge in [-0.1, -0.05) is 0 Å². The van der Waals surface area contributed by atoms with Crippen LogP contribution in [0.3, 0.4) is 0 Å². The molecule has 0 aliphatic heterocycles. The maximum atomic E-state index is 5.41. The quantitative estimate of drug-likeness (QED) is 0.722. The van der Waals surface area contributed by atoms with E-state index in [0.29, 0.717) is 0 Å². The van der Waals surface area contributed by atoms with Crippen molar-refractivity contribution in [3.63, 3.8) is 0 Å². The first kappa shape index (κ1) is 19.7. The van der Waals surface area contributed by atoms with Gasteiger partial charge in [-0.3, -0.25) is 0 Å². The van der Waals surface area contributed by atoms with Gasteiger partial charge in [0.25, 0.3) is 0 Å². The molecule has 0 aromatic carbocycles. The average Bonchev–Trinajstić information content (AvgIpc) is 1.97. The zero-order valence-corrected chi connectivity index (χ0v) is 11.4. The maximum absolute atomic E-state index is 5.41. The van der Waals surface area contributed by atoms with E-state index < -0.39 is 0 Å². The van der Waals surface area contributed by atoms with Crippen molar-refractivity contribution >= 4 is 48.3 Å². The van der Waals surface area contributed by atoms with E-state index >= 15 is 0 Å². The molecule has 0 aromatic rings. The Bertz CT molecular complexity index is 94.5. The second-order valence-corrected chi connectivity index (χ2v) is 6.37. The molecule has 0 aliphatic rings. The zero-order valence-electron chi connectivity index (χ0n) is 8.12. The summed E-state index contributed by atoms with van der Waals surface area (Å²) >= 11 is 3.80. The van der Waals surface area contributed by atoms with Crippen LogP contribution in [0.2, 0.25) is 0 Å². The van der Waals surface area contributed by atoms with E-state index in [1.54, 1.807) is 0 Å². The SMILES string of the molecule is CC(C)(SCCN)SCCN.Cl.Cl. The van der Waals surface area contributed by atoms with E-state index in [1.165, 1.54) is 0 Å². The minimum atomic E-state index is 0. The molecule has 2 nitrogen and oxygen atoms in total. The van der Waals surface area contributed by atoms with Crippen LogP contribution in [-0.2, 0) is 0 Å². The van der Waals surface area contributed by atoms with Crippen LogP contribution < -0.4 is 11.5 Å². The third-order valence-corrected chi connectivity index (χ3v) is 4.11. The summed E-state index contributed by atoms with van der Waals surface area (Å²) in [7, 11) is 0. The van der Waals surface area contributed by atoms with Crippen molar-refractivity contribution in [2.24, 2.45) is 11.5 Å². The van der Waals surface area contributed by atoms with Gasteiger partial charge in [-0.2, -0.15) is 0 Å². The molecule has 0 unspecified atom stereocenters. The fraction of sp³-hybridized carbons (Fsp3) is 1.00. The number of hydrogen-bond acceptors (Lipinski definition) is 4. The molecule has 0 amide bonds. The van der Waals surface area contributed by atoms with Gasteiger partial charge in [0.1, 0.15) is 0 Å². The lowest BCUT2D eigenvalue weighted by Gasteiger charge is -2.22. The van der Waals surface area contributed by atoms with Gasteiger partial charge in [-0.15, -0.1) is 48.3 Å². The lowest BCUT2D eigenvalue weighted by Crippen LogP contribution is -2.16. The lowest BCUT2D eigenvalue weighted by atomic mass is 10.5. The van der Waals surface area contributed by atoms with Gasteiger partial charge in [0.15, 0.2) is 0 Å². The van der Waals surface area contributed by atoms with Crippen LogP contribution in [0.1, 0.15) is 13.8 Å². The fourth-order valence-corrected chi connectivity index (χ4v) is 2.70. The predicted molar refractivity (Wildman–Crippen MR) is 71.6 cm³/mol. The van der Waals surface area contributed by atoms with Gasteiger partial charge in [-0.05, 0) is 13.8 Å². The summed E-state index contributed by atoms with van der Waals surface area (Å²) in [5.41, 5.74) is 10.8. The van der Waals surface area contributed by atoms with Crippen molar-refractivity contribution in [3.05, 3.63) is 0 Å². The normalized spacial score (nSPS) is 10.2. The highest BCUT2D eigenvalue weighted by Gasteiger charge is 2.16. The largest absolute Gasteiger partial charge is 0.330 e. The maximum Gasteiger partial charge on any atom is 0.0556 e. The Morgan fingerprint density at radius 2 is 1.23 bits per heavy atom. The van der Waals surface area contributed by atoms with Crippen LogP contribution in [0.15, 0.2) is 0 Å². The summed E-state index contributed by atoms with van der Waals surface area (Å²) in [4.78, 5) is 0. The molecule has 13 heavy (non-hydrogen) atoms. The van der Waals surface area contributed by atoms with Crippen molar-refractivity contribution in [1.29, 1.82) is 0 Å². The summed E-state index contributed by atoms with van der Waals surface area (Å²) < 4.78 is 0.277. The average molecular weight is 267 g/mol. The number of rotatable bonds is 6. The first-order valence-corrected chi connectivity index (χ1v) is 5.77. The number of nitrogens with two attached hydrogens (primary N) is 2. The van der Waals surface area contributed by atoms with Crippen LogP contribution in [0.4, 0.5) is 0 Å². The van der Waals surface area contributed by atoms with Crippen LogP contribution in [0, 0.1) is 0 Å². The Hall–Kier alpha value is 1.20. The zero-order chi connectivity index (χ0) is 8.74. The van der Waals surface area contributed by atoms with Crippen molar-refractivity contribution in [2.45, 2.75) is 17.9 Å². The van der Waals surface area contributed by atoms with E-state index in [9.17, 15) is 0 Å². The lowest BCUT2D eigenvalue weighted by molar-refractivity contribution is 1.01. The summed E-state index contributed by atoms with van der Waals surface area (Å²) in [6.45, 7) is 5.95. The van der Waals surface area contributed by atoms with E-state index in [-0.39, 0.29) is 28.9 Å². The molecule has 0 aromatic heterocycles. The van der Waals surface area contributed by atoms with Gasteiger partial charge >= 0.3 is 0 Å². The summed E-state index contributed by atoms with van der Waals surface area (Å²) in [5.74, 6) is 2.06. The summed E-state index contributed by atoms with van der Waals surface area (Å²) in [6, 6.07) is 0. The molecule has 4 N–H and O–H groups in total. The first-order valence-electron chi connectivity index (χ1n) is 3.80. The van der Waals surface area contributed by atoms with Gasteiger partial charge in [-0.25, -0.2) is 0 Å². The van der Waals surface area contributed by atoms with Crippen LogP contribution in [-0.4, -0.2) is 28.7 Å². The molecule has 84 valence electrons. The fourth-order valence-electron chi connectivity index (χ4n) is 0.651. The molecular weight excluding hydrogens is 247 g/mol. The standard InChI is InChI=1S/C7H18N2S2.2ClH/c1-7(2,10-5-3-8)11-6-4-9;;/h3-6,8-9H2,1-2H3;2*1H. The number of thioether (sulfide) groups is 2. The van der Waals surface area contributed by atoms with Crippen molar-refractivity contribution in [3.8, 4) is 0 Å². The molecule has 0 rings (SSSR count). The van der Waals surface area contributed by atoms with E-state index in [4.69, 9.17) is 11.5 Å². The molecule has 0 saturated carbocycles. The first-order chi connectivity index (χ1) is 5.12. The van der Waals surface area contributed by atoms with Gasteiger partial charge in [0, 0.05) is 24.6 Å². The number of halogens is 2. The molecule has 0 spiro atoms. The molecule has 0 bridgehead atoms. The van der Waals surface area contributed by atoms with Crippen molar-refractivity contribution in [1.82, 2.24) is 0 Å². The highest BCUT2D eigenvalue weighted by atomic mass is 35.5. The number of hydrogen-bond donors (Lipinski definition) is 2. The molecular formula is C7H20Cl2N2S2. The molecule has 0 heterocycles. The third kappa shape index (κ3) is 13.2. The molecule has 0 radical (unpaired) electrons. The Morgan fingerprint density at radius 3 is 1.46 bits per heavy atom. The molecule has 0 aliphatic carbocycles. The topological polar surface area (TPSA) is 52.0 Å². The minimum absolute atomic E-state index is 0. The van der Waals surface area contributed by atoms with Crippen molar-refractivity contribution < 1.29 is 0 Å². The smallest absolute Gasteiger partial charge is 0.0556 e. The molecule has 6 heteroatoms. The monoisotopic (exact) mass is 266 g/mol. The van der Waals surface area contributed by atoms with Crippen LogP contribution in [0.25, 0.3) is 0 Å². The van der Waals surface area contributed by atoms with Crippen LogP contribution >= 0.6 is 48.3 Å². The molecule has 0 atom stereocenters. The highest BCUT2D eigenvalue weighted by molar-refractivity contribution is 8.18. The molecule has 0 fully saturated rings. The van der Waals surface area contributed by atoms with Crippen LogP contribution in [0.5, 0.6) is 0 Å². The third-order valence-electron chi connectivity index (χ3n) is 1.14. The van der Waals surface area contributed by atoms with E-state index in [1.807, 2.05) is 23.5 Å². The predicted octanol–water partition coefficient (Wildman–Crippen LogP) is 1.95. The summed E-state index contributed by atoms with van der Waals surface area (Å²) in [5, 5.41) is 0. The Labute approximate surface area is 102 Å². The second-order valence-electron chi connectivity index (χ2n) is 2.67. The van der Waals surface area contributed by atoms with Gasteiger partial charge in [0.2, 0.25) is 0 Å². The van der Waals surface area contributed by atoms with Gasteiger partial charge in [0.05, 0.1) is 4.08 Å². The van der Waals surface area contributed by atoms with Crippen molar-refractivity contribution in [2.75, 3.05) is 24.6 Å². The molecule has 0 saturated heterocycles. The second kappa shape index (κ2) is 11.3. The van der Waals surface area contributed by atoms with Gasteiger partial charge < -0.3 is 11.5 Å². The van der Waals surface area contributed by atoms with E-state index in [0.717, 1.165) is 24.6 Å². The highest BCUT2D eigenvalue weighted by Crippen LogP contribution is 2.35. The minimum Gasteiger partial charge on any atom is -0.330 e. The Kier molecular flexibility index (Phi) is 17.1.